The third-order valence-electron chi connectivity index (χ3n) is 3.43. The fraction of sp³-hybridized carbons (Fsp3) is 0.412. The van der Waals surface area contributed by atoms with E-state index in [0.717, 1.165) is 11.3 Å². The molecule has 0 spiro atoms. The molecule has 0 saturated heterocycles. The molecule has 1 atom stereocenters. The van der Waals surface area contributed by atoms with Gasteiger partial charge in [-0.2, -0.15) is 5.10 Å². The van der Waals surface area contributed by atoms with Crippen molar-refractivity contribution in [3.05, 3.63) is 48.3 Å². The summed E-state index contributed by atoms with van der Waals surface area (Å²) in [6.45, 7) is 4.29. The summed E-state index contributed by atoms with van der Waals surface area (Å²) in [7, 11) is 3.58. The number of amides is 1. The molecule has 1 unspecified atom stereocenters. The van der Waals surface area contributed by atoms with Crippen molar-refractivity contribution in [1.82, 2.24) is 20.4 Å². The molecule has 2 N–H and O–H groups in total. The Bertz CT molecular complexity index is 637. The number of aryl methyl sites for hydroxylation is 1. The van der Waals surface area contributed by atoms with Crippen LogP contribution in [0.25, 0.3) is 0 Å². The molecule has 6 nitrogen and oxygen atoms in total. The number of likely N-dealkylation sites (N-methyl/N-ethyl adjacent to an activating group) is 1. The predicted octanol–water partition coefficient (Wildman–Crippen LogP) is 1.65. The van der Waals surface area contributed by atoms with Gasteiger partial charge in [0.15, 0.2) is 0 Å². The van der Waals surface area contributed by atoms with Gasteiger partial charge in [0.2, 0.25) is 5.91 Å². The molecule has 0 aliphatic heterocycles. The van der Waals surface area contributed by atoms with E-state index in [9.17, 15) is 4.79 Å². The molecule has 1 aromatic heterocycles. The van der Waals surface area contributed by atoms with Crippen LogP contribution >= 0.6 is 0 Å². The first-order valence-electron chi connectivity index (χ1n) is 7.59. The molecule has 1 amide bonds. The van der Waals surface area contributed by atoms with E-state index in [-0.39, 0.29) is 5.91 Å². The van der Waals surface area contributed by atoms with Gasteiger partial charge >= 0.3 is 0 Å². The second kappa shape index (κ2) is 7.28. The standard InChI is InChI=1S/C17H24N4O2/c1-17(2,23-14-8-6-5-7-9-14)12-19-16(22)15(18-3)13-10-20-21(4)11-13/h5-11,15,18H,12H2,1-4H3,(H,19,22). The highest BCUT2D eigenvalue weighted by Crippen LogP contribution is 2.17. The fourth-order valence-corrected chi connectivity index (χ4v) is 2.28. The molecule has 23 heavy (non-hydrogen) atoms. The fourth-order valence-electron chi connectivity index (χ4n) is 2.28. The van der Waals surface area contributed by atoms with Crippen LogP contribution in [0.4, 0.5) is 0 Å². The minimum atomic E-state index is -0.510. The highest BCUT2D eigenvalue weighted by atomic mass is 16.5. The van der Waals surface area contributed by atoms with Crippen LogP contribution in [0.3, 0.4) is 0 Å². The van der Waals surface area contributed by atoms with Gasteiger partial charge in [-0.3, -0.25) is 9.48 Å². The summed E-state index contributed by atoms with van der Waals surface area (Å²) in [5.74, 6) is 0.675. The van der Waals surface area contributed by atoms with E-state index < -0.39 is 11.6 Å². The number of hydrogen-bond acceptors (Lipinski definition) is 4. The van der Waals surface area contributed by atoms with Crippen molar-refractivity contribution in [2.24, 2.45) is 7.05 Å². The lowest BCUT2D eigenvalue weighted by Gasteiger charge is -2.27. The van der Waals surface area contributed by atoms with Crippen LogP contribution < -0.4 is 15.4 Å². The van der Waals surface area contributed by atoms with E-state index in [1.807, 2.05) is 57.4 Å². The molecule has 0 aliphatic carbocycles. The van der Waals surface area contributed by atoms with Crippen LogP contribution in [0, 0.1) is 0 Å². The SMILES string of the molecule is CNC(C(=O)NCC(C)(C)Oc1ccccc1)c1cnn(C)c1. The number of hydrogen-bond donors (Lipinski definition) is 2. The topological polar surface area (TPSA) is 68.2 Å². The molecular weight excluding hydrogens is 292 g/mol. The van der Waals surface area contributed by atoms with E-state index in [2.05, 4.69) is 15.7 Å². The van der Waals surface area contributed by atoms with Crippen LogP contribution in [-0.4, -0.2) is 34.9 Å². The number of aromatic nitrogens is 2. The molecule has 2 aromatic rings. The number of ether oxygens (including phenoxy) is 1. The zero-order chi connectivity index (χ0) is 16.9. The zero-order valence-corrected chi connectivity index (χ0v) is 14.0. The number of benzene rings is 1. The summed E-state index contributed by atoms with van der Waals surface area (Å²) in [5, 5.41) is 10.1. The molecule has 2 rings (SSSR count). The maximum absolute atomic E-state index is 12.4. The molecule has 124 valence electrons. The molecule has 0 radical (unpaired) electrons. The molecule has 0 fully saturated rings. The van der Waals surface area contributed by atoms with Gasteiger partial charge in [-0.05, 0) is 33.0 Å². The Kier molecular flexibility index (Phi) is 5.39. The van der Waals surface area contributed by atoms with Gasteiger partial charge < -0.3 is 15.4 Å². The van der Waals surface area contributed by atoms with Crippen molar-refractivity contribution < 1.29 is 9.53 Å². The van der Waals surface area contributed by atoms with Gasteiger partial charge in [-0.25, -0.2) is 0 Å². The van der Waals surface area contributed by atoms with Gasteiger partial charge in [0.25, 0.3) is 0 Å². The van der Waals surface area contributed by atoms with Gasteiger partial charge in [0, 0.05) is 18.8 Å². The number of nitrogens with zero attached hydrogens (tertiary/aromatic N) is 2. The molecular formula is C17H24N4O2. The lowest BCUT2D eigenvalue weighted by molar-refractivity contribution is -0.124. The number of nitrogens with one attached hydrogen (secondary N) is 2. The Morgan fingerprint density at radius 2 is 2.04 bits per heavy atom. The molecule has 6 heteroatoms. The maximum Gasteiger partial charge on any atom is 0.241 e. The Balaban J connectivity index is 1.94. The van der Waals surface area contributed by atoms with Gasteiger partial charge in [0.05, 0.1) is 12.7 Å². The van der Waals surface area contributed by atoms with Gasteiger partial charge in [0.1, 0.15) is 17.4 Å². The summed E-state index contributed by atoms with van der Waals surface area (Å²) in [6.07, 6.45) is 3.51. The Labute approximate surface area is 136 Å². The summed E-state index contributed by atoms with van der Waals surface area (Å²) >= 11 is 0. The van der Waals surface area contributed by atoms with Gasteiger partial charge in [-0.1, -0.05) is 18.2 Å². The summed E-state index contributed by atoms with van der Waals surface area (Å²) in [4.78, 5) is 12.4. The van der Waals surface area contributed by atoms with Crippen molar-refractivity contribution in [3.8, 4) is 5.75 Å². The lowest BCUT2D eigenvalue weighted by Crippen LogP contribution is -2.45. The number of para-hydroxylation sites is 1. The molecule has 1 heterocycles. The summed E-state index contributed by atoms with van der Waals surface area (Å²) in [5.41, 5.74) is 0.318. The Morgan fingerprint density at radius 1 is 1.35 bits per heavy atom. The Morgan fingerprint density at radius 3 is 2.61 bits per heavy atom. The third-order valence-corrected chi connectivity index (χ3v) is 3.43. The van der Waals surface area contributed by atoms with Gasteiger partial charge in [-0.15, -0.1) is 0 Å². The highest BCUT2D eigenvalue weighted by molar-refractivity contribution is 5.83. The summed E-state index contributed by atoms with van der Waals surface area (Å²) < 4.78 is 7.60. The first-order valence-corrected chi connectivity index (χ1v) is 7.59. The first kappa shape index (κ1) is 17.0. The van der Waals surface area contributed by atoms with Crippen LogP contribution in [-0.2, 0) is 11.8 Å². The normalized spacial score (nSPS) is 12.7. The first-order chi connectivity index (χ1) is 10.9. The minimum Gasteiger partial charge on any atom is -0.486 e. The van der Waals surface area contributed by atoms with E-state index in [4.69, 9.17) is 4.74 Å². The third kappa shape index (κ3) is 4.82. The van der Waals surface area contributed by atoms with Crippen LogP contribution in [0.5, 0.6) is 5.75 Å². The van der Waals surface area contributed by atoms with Crippen LogP contribution in [0.2, 0.25) is 0 Å². The Hall–Kier alpha value is -2.34. The monoisotopic (exact) mass is 316 g/mol. The van der Waals surface area contributed by atoms with Crippen molar-refractivity contribution in [1.29, 1.82) is 0 Å². The smallest absolute Gasteiger partial charge is 0.241 e. The molecule has 0 saturated carbocycles. The number of carbonyl (C=O) groups is 1. The molecule has 0 bridgehead atoms. The van der Waals surface area contributed by atoms with Crippen LogP contribution in [0.15, 0.2) is 42.7 Å². The average Bonchev–Trinajstić information content (AvgIpc) is 2.93. The highest BCUT2D eigenvalue weighted by Gasteiger charge is 2.25. The predicted molar refractivity (Wildman–Crippen MR) is 89.2 cm³/mol. The maximum atomic E-state index is 12.4. The van der Waals surface area contributed by atoms with E-state index >= 15 is 0 Å². The number of rotatable bonds is 7. The van der Waals surface area contributed by atoms with Crippen molar-refractivity contribution in [2.45, 2.75) is 25.5 Å². The van der Waals surface area contributed by atoms with Crippen molar-refractivity contribution in [3.63, 3.8) is 0 Å². The summed E-state index contributed by atoms with van der Waals surface area (Å²) in [6, 6.07) is 9.14. The minimum absolute atomic E-state index is 0.106. The molecule has 1 aromatic carbocycles. The number of carbonyl (C=O) groups excluding carboxylic acids is 1. The second-order valence-electron chi connectivity index (χ2n) is 6.06. The lowest BCUT2D eigenvalue weighted by atomic mass is 10.1. The van der Waals surface area contributed by atoms with E-state index in [1.165, 1.54) is 0 Å². The van der Waals surface area contributed by atoms with E-state index in [0.29, 0.717) is 6.54 Å². The second-order valence-corrected chi connectivity index (χ2v) is 6.06. The van der Waals surface area contributed by atoms with Crippen molar-refractivity contribution in [2.75, 3.05) is 13.6 Å². The van der Waals surface area contributed by atoms with Crippen molar-refractivity contribution >= 4 is 5.91 Å². The average molecular weight is 316 g/mol. The zero-order valence-electron chi connectivity index (χ0n) is 14.0. The molecule has 0 aliphatic rings. The largest absolute Gasteiger partial charge is 0.486 e. The van der Waals surface area contributed by atoms with E-state index in [1.54, 1.807) is 17.9 Å². The quantitative estimate of drug-likeness (QED) is 0.815. The van der Waals surface area contributed by atoms with Crippen LogP contribution in [0.1, 0.15) is 25.5 Å².